The fraction of sp³-hybridized carbons (Fsp3) is 0.333. The fourth-order valence-electron chi connectivity index (χ4n) is 3.62. The van der Waals surface area contributed by atoms with Gasteiger partial charge in [-0.2, -0.15) is 0 Å². The first-order chi connectivity index (χ1) is 16.9. The van der Waals surface area contributed by atoms with Gasteiger partial charge in [0.25, 0.3) is 0 Å². The molecular formula is C27H34N6O2. The standard InChI is InChI=1S/C24H26N6O2.C3H8/c1-4-32-24(31)29-23-27-14-19-11-18(17-6-5-8-25-13-17)12-20(22(19)28-23)21-10-16(7-9-26-21)15-30(2)3;1-3-2/h5-13H,4,14-15H2,1-3H3,(H2,27,28,29,31);3H2,1-2H3. The van der Waals surface area contributed by atoms with E-state index in [1.165, 1.54) is 6.42 Å². The number of aliphatic imine (C=N–C) groups is 1. The topological polar surface area (TPSA) is 91.7 Å². The maximum atomic E-state index is 11.9. The van der Waals surface area contributed by atoms with Gasteiger partial charge in [-0.3, -0.25) is 15.3 Å². The quantitative estimate of drug-likeness (QED) is 0.520. The molecule has 3 heterocycles. The maximum absolute atomic E-state index is 11.9. The van der Waals surface area contributed by atoms with Crippen molar-refractivity contribution in [2.75, 3.05) is 26.0 Å². The van der Waals surface area contributed by atoms with E-state index >= 15 is 0 Å². The number of nitrogens with zero attached hydrogens (tertiary/aromatic N) is 4. The Hall–Kier alpha value is -3.78. The lowest BCUT2D eigenvalue weighted by Crippen LogP contribution is -2.38. The number of hydrogen-bond donors (Lipinski definition) is 2. The van der Waals surface area contributed by atoms with Crippen LogP contribution in [0.2, 0.25) is 0 Å². The molecule has 1 aliphatic heterocycles. The first kappa shape index (κ1) is 25.8. The minimum Gasteiger partial charge on any atom is -0.450 e. The largest absolute Gasteiger partial charge is 0.450 e. The molecule has 3 aromatic rings. The Morgan fingerprint density at radius 1 is 1.11 bits per heavy atom. The average molecular weight is 475 g/mol. The number of guanidine groups is 1. The molecule has 8 heteroatoms. The minimum absolute atomic E-state index is 0.290. The molecule has 0 saturated carbocycles. The summed E-state index contributed by atoms with van der Waals surface area (Å²) in [6.45, 7) is 7.53. The van der Waals surface area contributed by atoms with Crippen LogP contribution in [-0.2, 0) is 17.8 Å². The number of carbonyl (C=O) groups is 1. The van der Waals surface area contributed by atoms with Crippen LogP contribution >= 0.6 is 0 Å². The number of ether oxygens (including phenoxy) is 1. The van der Waals surface area contributed by atoms with E-state index in [2.05, 4.69) is 62.5 Å². The van der Waals surface area contributed by atoms with E-state index in [0.717, 1.165) is 45.7 Å². The molecule has 0 unspecified atom stereocenters. The van der Waals surface area contributed by atoms with Gasteiger partial charge < -0.3 is 15.0 Å². The second-order valence-electron chi connectivity index (χ2n) is 8.43. The van der Waals surface area contributed by atoms with E-state index in [-0.39, 0.29) is 6.61 Å². The van der Waals surface area contributed by atoms with Crippen molar-refractivity contribution in [3.63, 3.8) is 0 Å². The smallest absolute Gasteiger partial charge is 0.413 e. The summed E-state index contributed by atoms with van der Waals surface area (Å²) in [6.07, 6.45) is 6.14. The zero-order chi connectivity index (χ0) is 25.2. The van der Waals surface area contributed by atoms with Crippen LogP contribution in [-0.4, -0.2) is 47.6 Å². The highest BCUT2D eigenvalue weighted by Gasteiger charge is 2.21. The molecule has 0 saturated heterocycles. The molecule has 35 heavy (non-hydrogen) atoms. The predicted molar refractivity (Wildman–Crippen MR) is 141 cm³/mol. The van der Waals surface area contributed by atoms with Gasteiger partial charge in [0, 0.05) is 36.3 Å². The highest BCUT2D eigenvalue weighted by atomic mass is 16.5. The lowest BCUT2D eigenvalue weighted by Gasteiger charge is -2.23. The summed E-state index contributed by atoms with van der Waals surface area (Å²) in [5, 5.41) is 5.93. The summed E-state index contributed by atoms with van der Waals surface area (Å²) in [7, 11) is 4.08. The maximum Gasteiger partial charge on any atom is 0.413 e. The first-order valence-electron chi connectivity index (χ1n) is 11.9. The molecule has 1 aromatic carbocycles. The molecule has 0 fully saturated rings. The van der Waals surface area contributed by atoms with Crippen LogP contribution in [0.3, 0.4) is 0 Å². The van der Waals surface area contributed by atoms with E-state index in [1.807, 2.05) is 44.7 Å². The summed E-state index contributed by atoms with van der Waals surface area (Å²) in [6, 6.07) is 12.2. The molecule has 0 bridgehead atoms. The predicted octanol–water partition coefficient (Wildman–Crippen LogP) is 5.32. The fourth-order valence-corrected chi connectivity index (χ4v) is 3.62. The molecule has 2 aromatic heterocycles. The van der Waals surface area contributed by atoms with Gasteiger partial charge in [-0.15, -0.1) is 0 Å². The lowest BCUT2D eigenvalue weighted by atomic mass is 9.95. The van der Waals surface area contributed by atoms with Crippen LogP contribution < -0.4 is 10.6 Å². The van der Waals surface area contributed by atoms with Crippen LogP contribution in [0.1, 0.15) is 38.3 Å². The molecule has 0 aliphatic carbocycles. The number of aromatic nitrogens is 2. The van der Waals surface area contributed by atoms with Crippen molar-refractivity contribution in [3.8, 4) is 22.4 Å². The SMILES string of the molecule is CCC.CCOC(=O)NC1=NCc2cc(-c3cccnc3)cc(-c3cc(CN(C)C)ccn3)c2N1. The number of carbonyl (C=O) groups excluding carboxylic acids is 1. The van der Waals surface area contributed by atoms with Gasteiger partial charge in [0.15, 0.2) is 0 Å². The molecule has 1 aliphatic rings. The van der Waals surface area contributed by atoms with Crippen LogP contribution in [0.15, 0.2) is 60.0 Å². The van der Waals surface area contributed by atoms with E-state index in [0.29, 0.717) is 12.5 Å². The van der Waals surface area contributed by atoms with Crippen molar-refractivity contribution in [2.24, 2.45) is 4.99 Å². The number of hydrogen-bond acceptors (Lipinski definition) is 7. The third-order valence-corrected chi connectivity index (χ3v) is 4.96. The van der Waals surface area contributed by atoms with E-state index in [9.17, 15) is 4.79 Å². The zero-order valence-electron chi connectivity index (χ0n) is 21.1. The van der Waals surface area contributed by atoms with Gasteiger partial charge in [0.05, 0.1) is 24.5 Å². The molecule has 8 nitrogen and oxygen atoms in total. The first-order valence-corrected chi connectivity index (χ1v) is 11.9. The molecule has 0 radical (unpaired) electrons. The zero-order valence-corrected chi connectivity index (χ0v) is 21.1. The Bertz CT molecular complexity index is 1160. The Morgan fingerprint density at radius 3 is 2.60 bits per heavy atom. The minimum atomic E-state index is -0.540. The average Bonchev–Trinajstić information content (AvgIpc) is 2.84. The highest BCUT2D eigenvalue weighted by Crippen LogP contribution is 2.37. The molecule has 0 atom stereocenters. The highest BCUT2D eigenvalue weighted by molar-refractivity contribution is 6.06. The number of benzene rings is 1. The number of pyridine rings is 2. The Morgan fingerprint density at radius 2 is 1.91 bits per heavy atom. The lowest BCUT2D eigenvalue weighted by molar-refractivity contribution is 0.157. The Kier molecular flexibility index (Phi) is 9.31. The third kappa shape index (κ3) is 7.10. The molecule has 4 rings (SSSR count). The van der Waals surface area contributed by atoms with Gasteiger partial charge in [0.2, 0.25) is 5.96 Å². The second-order valence-corrected chi connectivity index (χ2v) is 8.43. The van der Waals surface area contributed by atoms with Crippen LogP contribution in [0.25, 0.3) is 22.4 Å². The van der Waals surface area contributed by atoms with Crippen molar-refractivity contribution in [1.29, 1.82) is 0 Å². The number of anilines is 1. The number of alkyl carbamates (subject to hydrolysis) is 1. The number of fused-ring (bicyclic) bond motifs is 1. The van der Waals surface area contributed by atoms with Gasteiger partial charge in [-0.1, -0.05) is 26.3 Å². The summed E-state index contributed by atoms with van der Waals surface area (Å²) >= 11 is 0. The van der Waals surface area contributed by atoms with E-state index in [1.54, 1.807) is 13.1 Å². The third-order valence-electron chi connectivity index (χ3n) is 4.96. The monoisotopic (exact) mass is 474 g/mol. The van der Waals surface area contributed by atoms with E-state index in [4.69, 9.17) is 4.74 Å². The van der Waals surface area contributed by atoms with E-state index < -0.39 is 6.09 Å². The van der Waals surface area contributed by atoms with Crippen LogP contribution in [0.5, 0.6) is 0 Å². The number of amides is 1. The molecular weight excluding hydrogens is 440 g/mol. The molecule has 2 N–H and O–H groups in total. The molecule has 184 valence electrons. The number of rotatable bonds is 5. The number of nitrogens with one attached hydrogen (secondary N) is 2. The van der Waals surface area contributed by atoms with Crippen molar-refractivity contribution < 1.29 is 9.53 Å². The van der Waals surface area contributed by atoms with Gasteiger partial charge in [0.1, 0.15) is 0 Å². The van der Waals surface area contributed by atoms with Gasteiger partial charge in [-0.05, 0) is 68.0 Å². The van der Waals surface area contributed by atoms with Gasteiger partial charge >= 0.3 is 6.09 Å². The van der Waals surface area contributed by atoms with Gasteiger partial charge in [-0.25, -0.2) is 9.79 Å². The van der Waals surface area contributed by atoms with Crippen molar-refractivity contribution >= 4 is 17.7 Å². The summed E-state index contributed by atoms with van der Waals surface area (Å²) in [5.74, 6) is 0.357. The van der Waals surface area contributed by atoms with Crippen LogP contribution in [0, 0.1) is 0 Å². The molecule has 0 spiro atoms. The van der Waals surface area contributed by atoms with Crippen LogP contribution in [0.4, 0.5) is 10.5 Å². The van der Waals surface area contributed by atoms with Crippen molar-refractivity contribution in [3.05, 3.63) is 66.1 Å². The Balaban J connectivity index is 0.00000108. The van der Waals surface area contributed by atoms with Crippen molar-refractivity contribution in [1.82, 2.24) is 20.2 Å². The second kappa shape index (κ2) is 12.6. The Labute approximate surface area is 207 Å². The summed E-state index contributed by atoms with van der Waals surface area (Å²) < 4.78 is 4.98. The molecule has 1 amide bonds. The summed E-state index contributed by atoms with van der Waals surface area (Å²) in [5.41, 5.74) is 6.86. The normalized spacial score (nSPS) is 12.0. The van der Waals surface area contributed by atoms with Crippen molar-refractivity contribution in [2.45, 2.75) is 40.3 Å². The summed E-state index contributed by atoms with van der Waals surface area (Å²) in [4.78, 5) is 27.4.